The van der Waals surface area contributed by atoms with Crippen LogP contribution in [0.3, 0.4) is 0 Å². The Hall–Kier alpha value is -1.16. The van der Waals surface area contributed by atoms with E-state index in [0.29, 0.717) is 12.6 Å². The molecule has 3 nitrogen and oxygen atoms in total. The number of carbonyl (C=O) groups is 1. The van der Waals surface area contributed by atoms with E-state index in [1.807, 2.05) is 25.1 Å². The third-order valence-electron chi connectivity index (χ3n) is 3.78. The monoisotopic (exact) mass is 307 g/mol. The smallest absolute Gasteiger partial charge is 0.233 e. The summed E-state index contributed by atoms with van der Waals surface area (Å²) in [6.07, 6.45) is 4.77. The first-order valence-electron chi connectivity index (χ1n) is 7.76. The van der Waals surface area contributed by atoms with Gasteiger partial charge >= 0.3 is 0 Å². The van der Waals surface area contributed by atoms with Crippen LogP contribution >= 0.6 is 11.8 Å². The first kappa shape index (κ1) is 16.2. The van der Waals surface area contributed by atoms with Crippen LogP contribution in [-0.4, -0.2) is 29.6 Å². The van der Waals surface area contributed by atoms with Crippen molar-refractivity contribution in [1.29, 1.82) is 0 Å². The van der Waals surface area contributed by atoms with Crippen molar-refractivity contribution in [1.82, 2.24) is 5.32 Å². The molecule has 1 aromatic carbocycles. The Balaban J connectivity index is 1.62. The molecule has 1 aliphatic rings. The largest absolute Gasteiger partial charge is 0.493 e. The second kappa shape index (κ2) is 8.32. The molecule has 1 aromatic rings. The second-order valence-corrected chi connectivity index (χ2v) is 7.12. The molecular weight excluding hydrogens is 282 g/mol. The maximum atomic E-state index is 12.0. The van der Waals surface area contributed by atoms with Gasteiger partial charge in [-0.1, -0.05) is 25.0 Å². The van der Waals surface area contributed by atoms with Gasteiger partial charge in [0.15, 0.2) is 0 Å². The summed E-state index contributed by atoms with van der Waals surface area (Å²) >= 11 is 1.65. The van der Waals surface area contributed by atoms with Crippen LogP contribution in [0.1, 0.15) is 38.2 Å². The Morgan fingerprint density at radius 1 is 1.43 bits per heavy atom. The standard InChI is InChI=1S/C17H25NO2S/c1-13-6-5-9-16(12-13)20-10-11-21-14(2)17(19)18-15-7-3-4-8-15/h5-6,9,12,14-15H,3-4,7-8,10-11H2,1-2H3,(H,18,19). The van der Waals surface area contributed by atoms with E-state index < -0.39 is 0 Å². The average Bonchev–Trinajstić information content (AvgIpc) is 2.96. The topological polar surface area (TPSA) is 38.3 Å². The zero-order valence-corrected chi connectivity index (χ0v) is 13.7. The summed E-state index contributed by atoms with van der Waals surface area (Å²) in [5, 5.41) is 3.14. The molecule has 1 atom stereocenters. The SMILES string of the molecule is Cc1cccc(OCCSC(C)C(=O)NC2CCCC2)c1. The van der Waals surface area contributed by atoms with E-state index in [4.69, 9.17) is 4.74 Å². The molecule has 21 heavy (non-hydrogen) atoms. The van der Waals surface area contributed by atoms with Crippen molar-refractivity contribution < 1.29 is 9.53 Å². The Morgan fingerprint density at radius 2 is 2.19 bits per heavy atom. The molecule has 1 amide bonds. The molecule has 1 N–H and O–H groups in total. The van der Waals surface area contributed by atoms with Gasteiger partial charge in [0.05, 0.1) is 11.9 Å². The number of thioether (sulfide) groups is 1. The number of nitrogens with one attached hydrogen (secondary N) is 1. The lowest BCUT2D eigenvalue weighted by Gasteiger charge is -2.16. The molecule has 0 bridgehead atoms. The maximum absolute atomic E-state index is 12.0. The molecule has 0 aliphatic heterocycles. The van der Waals surface area contributed by atoms with Gasteiger partial charge in [-0.05, 0) is 44.4 Å². The van der Waals surface area contributed by atoms with Gasteiger partial charge in [-0.25, -0.2) is 0 Å². The van der Waals surface area contributed by atoms with E-state index >= 15 is 0 Å². The maximum Gasteiger partial charge on any atom is 0.233 e. The van der Waals surface area contributed by atoms with Crippen molar-refractivity contribution >= 4 is 17.7 Å². The Morgan fingerprint density at radius 3 is 2.90 bits per heavy atom. The zero-order chi connectivity index (χ0) is 15.1. The van der Waals surface area contributed by atoms with Crippen LogP contribution in [0, 0.1) is 6.92 Å². The number of rotatable bonds is 7. The molecule has 116 valence electrons. The minimum Gasteiger partial charge on any atom is -0.493 e. The van der Waals surface area contributed by atoms with Crippen LogP contribution in [0.15, 0.2) is 24.3 Å². The summed E-state index contributed by atoms with van der Waals surface area (Å²) < 4.78 is 5.70. The van der Waals surface area contributed by atoms with E-state index in [9.17, 15) is 4.79 Å². The fourth-order valence-corrected chi connectivity index (χ4v) is 3.31. The lowest BCUT2D eigenvalue weighted by atomic mass is 10.2. The summed E-state index contributed by atoms with van der Waals surface area (Å²) in [6, 6.07) is 8.45. The number of benzene rings is 1. The number of carbonyl (C=O) groups excluding carboxylic acids is 1. The van der Waals surface area contributed by atoms with E-state index in [2.05, 4.69) is 18.3 Å². The van der Waals surface area contributed by atoms with Crippen LogP contribution in [0.4, 0.5) is 0 Å². The molecular formula is C17H25NO2S. The predicted octanol–water partition coefficient (Wildman–Crippen LogP) is 3.55. The molecule has 1 fully saturated rings. The van der Waals surface area contributed by atoms with Gasteiger partial charge in [0.2, 0.25) is 5.91 Å². The van der Waals surface area contributed by atoms with E-state index in [1.54, 1.807) is 11.8 Å². The van der Waals surface area contributed by atoms with Crippen molar-refractivity contribution in [2.75, 3.05) is 12.4 Å². The minimum absolute atomic E-state index is 0.00768. The number of ether oxygens (including phenoxy) is 1. The van der Waals surface area contributed by atoms with Crippen molar-refractivity contribution in [3.05, 3.63) is 29.8 Å². The number of hydrogen-bond donors (Lipinski definition) is 1. The molecule has 0 aromatic heterocycles. The highest BCUT2D eigenvalue weighted by Gasteiger charge is 2.20. The first-order valence-corrected chi connectivity index (χ1v) is 8.81. The minimum atomic E-state index is -0.00768. The normalized spacial score (nSPS) is 16.7. The van der Waals surface area contributed by atoms with Gasteiger partial charge in [0, 0.05) is 11.8 Å². The third-order valence-corrected chi connectivity index (χ3v) is 4.90. The van der Waals surface area contributed by atoms with Crippen molar-refractivity contribution in [3.8, 4) is 5.75 Å². The van der Waals surface area contributed by atoms with E-state index in [0.717, 1.165) is 24.3 Å². The molecule has 0 spiro atoms. The van der Waals surface area contributed by atoms with Crippen LogP contribution < -0.4 is 10.1 Å². The highest BCUT2D eigenvalue weighted by atomic mass is 32.2. The number of hydrogen-bond acceptors (Lipinski definition) is 3. The molecule has 1 unspecified atom stereocenters. The first-order chi connectivity index (χ1) is 10.1. The van der Waals surface area contributed by atoms with Crippen LogP contribution in [-0.2, 0) is 4.79 Å². The van der Waals surface area contributed by atoms with Crippen molar-refractivity contribution in [3.63, 3.8) is 0 Å². The quantitative estimate of drug-likeness (QED) is 0.783. The van der Waals surface area contributed by atoms with E-state index in [1.165, 1.54) is 18.4 Å². The summed E-state index contributed by atoms with van der Waals surface area (Å²) in [5.41, 5.74) is 1.20. The van der Waals surface area contributed by atoms with Crippen LogP contribution in [0.25, 0.3) is 0 Å². The van der Waals surface area contributed by atoms with E-state index in [-0.39, 0.29) is 11.2 Å². The van der Waals surface area contributed by atoms with Gasteiger partial charge in [0.25, 0.3) is 0 Å². The molecule has 4 heteroatoms. The summed E-state index contributed by atoms with van der Waals surface area (Å²) in [4.78, 5) is 12.0. The highest BCUT2D eigenvalue weighted by molar-refractivity contribution is 8.00. The third kappa shape index (κ3) is 5.62. The molecule has 0 radical (unpaired) electrons. The highest BCUT2D eigenvalue weighted by Crippen LogP contribution is 2.19. The van der Waals surface area contributed by atoms with Crippen molar-refractivity contribution in [2.45, 2.75) is 50.8 Å². The van der Waals surface area contributed by atoms with Crippen molar-refractivity contribution in [2.24, 2.45) is 0 Å². The fourth-order valence-electron chi connectivity index (χ4n) is 2.55. The Labute approximate surface area is 131 Å². The Bertz CT molecular complexity index is 458. The second-order valence-electron chi connectivity index (χ2n) is 5.67. The van der Waals surface area contributed by atoms with Gasteiger partial charge in [-0.2, -0.15) is 0 Å². The molecule has 2 rings (SSSR count). The molecule has 1 saturated carbocycles. The predicted molar refractivity (Wildman–Crippen MR) is 89.0 cm³/mol. The molecule has 0 saturated heterocycles. The van der Waals surface area contributed by atoms with Gasteiger partial charge in [-0.3, -0.25) is 4.79 Å². The Kier molecular flexibility index (Phi) is 6.43. The van der Waals surface area contributed by atoms with Gasteiger partial charge < -0.3 is 10.1 Å². The number of aryl methyl sites for hydroxylation is 1. The zero-order valence-electron chi connectivity index (χ0n) is 12.9. The van der Waals surface area contributed by atoms with Gasteiger partial charge in [-0.15, -0.1) is 11.8 Å². The number of amides is 1. The average molecular weight is 307 g/mol. The lowest BCUT2D eigenvalue weighted by Crippen LogP contribution is -2.37. The summed E-state index contributed by atoms with van der Waals surface area (Å²) in [6.45, 7) is 4.66. The summed E-state index contributed by atoms with van der Waals surface area (Å²) in [5.74, 6) is 1.90. The molecule has 0 heterocycles. The lowest BCUT2D eigenvalue weighted by molar-refractivity contribution is -0.120. The van der Waals surface area contributed by atoms with Gasteiger partial charge in [0.1, 0.15) is 5.75 Å². The fraction of sp³-hybridized carbons (Fsp3) is 0.588. The van der Waals surface area contributed by atoms with Crippen LogP contribution in [0.5, 0.6) is 5.75 Å². The summed E-state index contributed by atoms with van der Waals surface area (Å²) in [7, 11) is 0. The van der Waals surface area contributed by atoms with Crippen LogP contribution in [0.2, 0.25) is 0 Å². The molecule has 1 aliphatic carbocycles.